The quantitative estimate of drug-likeness (QED) is 0.226. The topological polar surface area (TPSA) is 101 Å². The number of ketones is 1. The zero-order valence-corrected chi connectivity index (χ0v) is 20.3. The molecule has 2 aromatic carbocycles. The van der Waals surface area contributed by atoms with Crippen LogP contribution in [0.1, 0.15) is 80.1 Å². The average Bonchev–Trinajstić information content (AvgIpc) is 2.80. The molecule has 0 bridgehead atoms. The summed E-state index contributed by atoms with van der Waals surface area (Å²) in [4.78, 5) is 23.2. The van der Waals surface area contributed by atoms with Crippen LogP contribution >= 0.6 is 11.6 Å². The standard InChI is InChI=1S/C25H32ClNO5S/c26-23-17-16-21(19-22(23)25(30)20-13-9-8-10-14-20)33(31,32)27-18-12-7-5-3-1-2-4-6-11-15-24(28)29/h8-10,13-14,16-17,19,27H,1-7,11-12,15,18H2,(H,28,29). The zero-order valence-electron chi connectivity index (χ0n) is 18.8. The number of sulfonamides is 1. The molecule has 0 amide bonds. The number of carbonyl (C=O) groups is 2. The minimum Gasteiger partial charge on any atom is -0.481 e. The highest BCUT2D eigenvalue weighted by Gasteiger charge is 2.19. The first kappa shape index (κ1) is 27.0. The zero-order chi connectivity index (χ0) is 24.1. The molecule has 8 heteroatoms. The van der Waals surface area contributed by atoms with E-state index in [1.807, 2.05) is 0 Å². The number of nitrogens with one attached hydrogen (secondary N) is 1. The van der Waals surface area contributed by atoms with Gasteiger partial charge >= 0.3 is 5.97 Å². The van der Waals surface area contributed by atoms with Gasteiger partial charge in [0, 0.05) is 24.1 Å². The fraction of sp³-hybridized carbons (Fsp3) is 0.440. The van der Waals surface area contributed by atoms with Crippen LogP contribution in [-0.2, 0) is 14.8 Å². The molecule has 2 aromatic rings. The summed E-state index contributed by atoms with van der Waals surface area (Å²) >= 11 is 6.17. The summed E-state index contributed by atoms with van der Waals surface area (Å²) in [7, 11) is -3.73. The predicted molar refractivity (Wildman–Crippen MR) is 130 cm³/mol. The van der Waals surface area contributed by atoms with Gasteiger partial charge < -0.3 is 5.11 Å². The molecule has 0 spiro atoms. The maximum atomic E-state index is 12.7. The highest BCUT2D eigenvalue weighted by molar-refractivity contribution is 7.89. The first-order valence-corrected chi connectivity index (χ1v) is 13.3. The third-order valence-electron chi connectivity index (χ3n) is 5.39. The maximum Gasteiger partial charge on any atom is 0.303 e. The van der Waals surface area contributed by atoms with E-state index in [9.17, 15) is 18.0 Å². The molecule has 0 unspecified atom stereocenters. The van der Waals surface area contributed by atoms with Gasteiger partial charge in [0.25, 0.3) is 0 Å². The normalized spacial score (nSPS) is 11.4. The lowest BCUT2D eigenvalue weighted by Crippen LogP contribution is -2.25. The van der Waals surface area contributed by atoms with Crippen LogP contribution in [-0.4, -0.2) is 31.8 Å². The number of halogens is 1. The van der Waals surface area contributed by atoms with Gasteiger partial charge in [-0.05, 0) is 31.0 Å². The molecule has 33 heavy (non-hydrogen) atoms. The van der Waals surface area contributed by atoms with Crippen molar-refractivity contribution in [3.63, 3.8) is 0 Å². The summed E-state index contributed by atoms with van der Waals surface area (Å²) in [5.74, 6) is -1.05. The molecular formula is C25H32ClNO5S. The van der Waals surface area contributed by atoms with Crippen molar-refractivity contribution in [3.05, 3.63) is 64.7 Å². The van der Waals surface area contributed by atoms with Crippen LogP contribution in [0.15, 0.2) is 53.4 Å². The van der Waals surface area contributed by atoms with Crippen LogP contribution in [0.25, 0.3) is 0 Å². The molecule has 0 aliphatic rings. The van der Waals surface area contributed by atoms with E-state index in [0.717, 1.165) is 57.8 Å². The van der Waals surface area contributed by atoms with Crippen molar-refractivity contribution in [1.29, 1.82) is 0 Å². The Bertz CT molecular complexity index is 1010. The lowest BCUT2D eigenvalue weighted by molar-refractivity contribution is -0.137. The van der Waals surface area contributed by atoms with Crippen LogP contribution in [0.5, 0.6) is 0 Å². The highest BCUT2D eigenvalue weighted by Crippen LogP contribution is 2.23. The molecule has 0 radical (unpaired) electrons. The van der Waals surface area contributed by atoms with Crippen LogP contribution in [0.4, 0.5) is 0 Å². The Hall–Kier alpha value is -2.22. The molecular weight excluding hydrogens is 462 g/mol. The van der Waals surface area contributed by atoms with Crippen molar-refractivity contribution in [1.82, 2.24) is 4.72 Å². The summed E-state index contributed by atoms with van der Waals surface area (Å²) in [6, 6.07) is 12.8. The first-order valence-electron chi connectivity index (χ1n) is 11.4. The van der Waals surface area contributed by atoms with E-state index in [1.165, 1.54) is 18.2 Å². The Morgan fingerprint density at radius 3 is 2.00 bits per heavy atom. The highest BCUT2D eigenvalue weighted by atomic mass is 35.5. The Balaban J connectivity index is 1.72. The fourth-order valence-corrected chi connectivity index (χ4v) is 4.82. The molecule has 0 saturated heterocycles. The van der Waals surface area contributed by atoms with Gasteiger partial charge in [0.05, 0.1) is 9.92 Å². The van der Waals surface area contributed by atoms with Crippen molar-refractivity contribution in [2.45, 2.75) is 69.1 Å². The van der Waals surface area contributed by atoms with Gasteiger partial charge in [-0.25, -0.2) is 13.1 Å². The molecule has 0 saturated carbocycles. The number of rotatable bonds is 16. The van der Waals surface area contributed by atoms with E-state index in [1.54, 1.807) is 30.3 Å². The lowest BCUT2D eigenvalue weighted by atomic mass is 10.0. The van der Waals surface area contributed by atoms with Gasteiger partial charge in [-0.1, -0.05) is 86.9 Å². The van der Waals surface area contributed by atoms with Gasteiger partial charge in [0.2, 0.25) is 10.0 Å². The van der Waals surface area contributed by atoms with Gasteiger partial charge in [0.15, 0.2) is 5.78 Å². The second-order valence-corrected chi connectivity index (χ2v) is 10.2. The molecule has 0 atom stereocenters. The first-order chi connectivity index (χ1) is 15.8. The van der Waals surface area contributed by atoms with Crippen molar-refractivity contribution in [2.75, 3.05) is 6.54 Å². The van der Waals surface area contributed by atoms with Crippen LogP contribution in [0.3, 0.4) is 0 Å². The van der Waals surface area contributed by atoms with Crippen LogP contribution < -0.4 is 4.72 Å². The molecule has 2 N–H and O–H groups in total. The Kier molecular flexibility index (Phi) is 11.6. The Morgan fingerprint density at radius 2 is 1.39 bits per heavy atom. The van der Waals surface area contributed by atoms with E-state index in [4.69, 9.17) is 16.7 Å². The molecule has 0 aliphatic carbocycles. The molecule has 0 heterocycles. The lowest BCUT2D eigenvalue weighted by Gasteiger charge is -2.10. The SMILES string of the molecule is O=C(O)CCCCCCCCCCCNS(=O)(=O)c1ccc(Cl)c(C(=O)c2ccccc2)c1. The van der Waals surface area contributed by atoms with Gasteiger partial charge in [-0.15, -0.1) is 0 Å². The van der Waals surface area contributed by atoms with Gasteiger partial charge in [-0.3, -0.25) is 9.59 Å². The van der Waals surface area contributed by atoms with E-state index in [2.05, 4.69) is 4.72 Å². The second kappa shape index (κ2) is 14.1. The second-order valence-electron chi connectivity index (χ2n) is 8.06. The van der Waals surface area contributed by atoms with Crippen LogP contribution in [0.2, 0.25) is 5.02 Å². The monoisotopic (exact) mass is 493 g/mol. The van der Waals surface area contributed by atoms with E-state index in [0.29, 0.717) is 12.1 Å². The number of hydrogen-bond donors (Lipinski definition) is 2. The summed E-state index contributed by atoms with van der Waals surface area (Å²) in [6.07, 6.45) is 9.01. The third kappa shape index (κ3) is 9.66. The van der Waals surface area contributed by atoms with Crippen molar-refractivity contribution in [3.8, 4) is 0 Å². The summed E-state index contributed by atoms with van der Waals surface area (Å²) in [6.45, 7) is 0.335. The molecule has 0 aliphatic heterocycles. The number of benzene rings is 2. The van der Waals surface area contributed by atoms with E-state index < -0.39 is 16.0 Å². The Labute approximate surface area is 201 Å². The summed E-state index contributed by atoms with van der Waals surface area (Å²) in [5, 5.41) is 8.81. The number of carboxylic acids is 1. The molecule has 2 rings (SSSR count). The molecule has 6 nitrogen and oxygen atoms in total. The van der Waals surface area contributed by atoms with E-state index in [-0.39, 0.29) is 27.7 Å². The number of aliphatic carboxylic acids is 1. The smallest absolute Gasteiger partial charge is 0.303 e. The van der Waals surface area contributed by atoms with Gasteiger partial charge in [-0.2, -0.15) is 0 Å². The fourth-order valence-electron chi connectivity index (χ4n) is 3.52. The number of carbonyl (C=O) groups excluding carboxylic acids is 1. The third-order valence-corrected chi connectivity index (χ3v) is 7.18. The largest absolute Gasteiger partial charge is 0.481 e. The average molecular weight is 494 g/mol. The summed E-state index contributed by atoms with van der Waals surface area (Å²) in [5.41, 5.74) is 0.607. The maximum absolute atomic E-state index is 12.7. The molecule has 0 fully saturated rings. The van der Waals surface area contributed by atoms with E-state index >= 15 is 0 Å². The van der Waals surface area contributed by atoms with Crippen molar-refractivity contribution in [2.24, 2.45) is 0 Å². The minimum absolute atomic E-state index is 0.0223. The number of unbranched alkanes of at least 4 members (excludes halogenated alkanes) is 8. The van der Waals surface area contributed by atoms with Crippen molar-refractivity contribution < 1.29 is 23.1 Å². The number of carboxylic acid groups (broad SMARTS) is 1. The Morgan fingerprint density at radius 1 is 0.818 bits per heavy atom. The van der Waals surface area contributed by atoms with Crippen LogP contribution in [0, 0.1) is 0 Å². The predicted octanol–water partition coefficient (Wildman–Crippen LogP) is 5.83. The van der Waals surface area contributed by atoms with Crippen molar-refractivity contribution >= 4 is 33.4 Å². The summed E-state index contributed by atoms with van der Waals surface area (Å²) < 4.78 is 27.9. The number of hydrogen-bond acceptors (Lipinski definition) is 4. The molecule has 0 aromatic heterocycles. The minimum atomic E-state index is -3.73. The molecule has 180 valence electrons. The van der Waals surface area contributed by atoms with Gasteiger partial charge in [0.1, 0.15) is 0 Å².